The third kappa shape index (κ3) is 5.60. The van der Waals surface area contributed by atoms with Crippen LogP contribution in [0.3, 0.4) is 0 Å². The molecule has 0 aromatic heterocycles. The van der Waals surface area contributed by atoms with E-state index < -0.39 is 5.60 Å². The second-order valence-electron chi connectivity index (χ2n) is 3.79. The lowest BCUT2D eigenvalue weighted by Crippen LogP contribution is -2.39. The summed E-state index contributed by atoms with van der Waals surface area (Å²) in [7, 11) is 1.57. The molecule has 78 valence electrons. The van der Waals surface area contributed by atoms with E-state index in [1.54, 1.807) is 14.0 Å². The second kappa shape index (κ2) is 5.19. The van der Waals surface area contributed by atoms with Crippen LogP contribution in [0.4, 0.5) is 0 Å². The molecule has 0 saturated heterocycles. The zero-order valence-electron chi connectivity index (χ0n) is 8.76. The maximum absolute atomic E-state index is 11.3. The van der Waals surface area contributed by atoms with E-state index in [-0.39, 0.29) is 18.6 Å². The Balaban J connectivity index is 3.87. The molecule has 0 rings (SSSR count). The summed E-state index contributed by atoms with van der Waals surface area (Å²) >= 11 is 0. The number of methoxy groups -OCH3 is 1. The van der Waals surface area contributed by atoms with Gasteiger partial charge >= 0.3 is 0 Å². The van der Waals surface area contributed by atoms with E-state index in [2.05, 4.69) is 5.32 Å². The van der Waals surface area contributed by atoms with Crippen LogP contribution in [0.25, 0.3) is 0 Å². The van der Waals surface area contributed by atoms with Gasteiger partial charge in [0.1, 0.15) is 0 Å². The second-order valence-corrected chi connectivity index (χ2v) is 3.79. The molecule has 0 aliphatic rings. The van der Waals surface area contributed by atoms with Gasteiger partial charge in [0, 0.05) is 13.2 Å². The number of carbonyl (C=O) groups excluding carboxylic acids is 1. The molecule has 1 atom stereocenters. The number of amides is 1. The molecule has 0 spiro atoms. The van der Waals surface area contributed by atoms with Crippen molar-refractivity contribution >= 4 is 5.91 Å². The highest BCUT2D eigenvalue weighted by Gasteiger charge is 2.21. The average molecular weight is 189 g/mol. The molecule has 0 aromatic rings. The number of nitrogens with one attached hydrogen (secondary N) is 1. The highest BCUT2D eigenvalue weighted by molar-refractivity contribution is 5.77. The van der Waals surface area contributed by atoms with Gasteiger partial charge in [0.25, 0.3) is 0 Å². The van der Waals surface area contributed by atoms with Crippen LogP contribution in [0.2, 0.25) is 0 Å². The van der Waals surface area contributed by atoms with Crippen molar-refractivity contribution in [3.05, 3.63) is 0 Å². The zero-order valence-corrected chi connectivity index (χ0v) is 8.76. The topological polar surface area (TPSA) is 58.6 Å². The summed E-state index contributed by atoms with van der Waals surface area (Å²) in [5.41, 5.74) is -0.445. The molecule has 0 saturated carbocycles. The third-order valence-corrected chi connectivity index (χ3v) is 1.82. The van der Waals surface area contributed by atoms with Crippen LogP contribution in [0.5, 0.6) is 0 Å². The van der Waals surface area contributed by atoms with Gasteiger partial charge in [-0.05, 0) is 20.8 Å². The average Bonchev–Trinajstić information content (AvgIpc) is 2.03. The van der Waals surface area contributed by atoms with Crippen LogP contribution < -0.4 is 5.32 Å². The van der Waals surface area contributed by atoms with E-state index >= 15 is 0 Å². The maximum Gasteiger partial charge on any atom is 0.223 e. The molecule has 0 bridgehead atoms. The SMILES string of the molecule is COC(C)(C)CC(=O)N[C@H](C)CO. The number of hydrogen-bond donors (Lipinski definition) is 2. The van der Waals surface area contributed by atoms with Gasteiger partial charge in [-0.15, -0.1) is 0 Å². The molecular formula is C9H19NO3. The molecule has 0 heterocycles. The van der Waals surface area contributed by atoms with Crippen molar-refractivity contribution in [2.45, 2.75) is 38.8 Å². The lowest BCUT2D eigenvalue weighted by Gasteiger charge is -2.22. The highest BCUT2D eigenvalue weighted by atomic mass is 16.5. The molecule has 0 radical (unpaired) electrons. The number of rotatable bonds is 5. The molecule has 0 unspecified atom stereocenters. The summed E-state index contributed by atoms with van der Waals surface area (Å²) in [4.78, 5) is 11.3. The quantitative estimate of drug-likeness (QED) is 0.654. The first-order valence-corrected chi connectivity index (χ1v) is 4.36. The van der Waals surface area contributed by atoms with Crippen LogP contribution in [0.15, 0.2) is 0 Å². The lowest BCUT2D eigenvalue weighted by molar-refractivity contribution is -0.127. The van der Waals surface area contributed by atoms with Gasteiger partial charge < -0.3 is 15.2 Å². The minimum Gasteiger partial charge on any atom is -0.394 e. The summed E-state index contributed by atoms with van der Waals surface area (Å²) in [5, 5.41) is 11.3. The highest BCUT2D eigenvalue weighted by Crippen LogP contribution is 2.12. The molecule has 0 aromatic carbocycles. The summed E-state index contributed by atoms with van der Waals surface area (Å²) in [6.07, 6.45) is 0.299. The Labute approximate surface area is 79.3 Å². The van der Waals surface area contributed by atoms with Crippen molar-refractivity contribution in [3.8, 4) is 0 Å². The molecule has 13 heavy (non-hydrogen) atoms. The molecule has 0 fully saturated rings. The lowest BCUT2D eigenvalue weighted by atomic mass is 10.0. The number of aliphatic hydroxyl groups excluding tert-OH is 1. The Morgan fingerprint density at radius 3 is 2.54 bits per heavy atom. The molecular weight excluding hydrogens is 170 g/mol. The monoisotopic (exact) mass is 189 g/mol. The Morgan fingerprint density at radius 2 is 2.15 bits per heavy atom. The summed E-state index contributed by atoms with van der Waals surface area (Å²) < 4.78 is 5.10. The van der Waals surface area contributed by atoms with E-state index in [4.69, 9.17) is 9.84 Å². The molecule has 2 N–H and O–H groups in total. The van der Waals surface area contributed by atoms with Crippen molar-refractivity contribution in [2.75, 3.05) is 13.7 Å². The first kappa shape index (κ1) is 12.4. The normalized spacial score (nSPS) is 13.9. The first-order valence-electron chi connectivity index (χ1n) is 4.36. The van der Waals surface area contributed by atoms with Crippen LogP contribution in [0.1, 0.15) is 27.2 Å². The predicted octanol–water partition coefficient (Wildman–Crippen LogP) is 0.299. The first-order chi connectivity index (χ1) is 5.91. The Bertz CT molecular complexity index is 168. The summed E-state index contributed by atoms with van der Waals surface area (Å²) in [5.74, 6) is -0.103. The molecule has 0 aliphatic carbocycles. The van der Waals surface area contributed by atoms with Gasteiger partial charge in [-0.1, -0.05) is 0 Å². The predicted molar refractivity (Wildman–Crippen MR) is 50.4 cm³/mol. The van der Waals surface area contributed by atoms with E-state index in [0.29, 0.717) is 6.42 Å². The van der Waals surface area contributed by atoms with Crippen LogP contribution in [0, 0.1) is 0 Å². The summed E-state index contributed by atoms with van der Waals surface area (Å²) in [6, 6.07) is -0.194. The molecule has 1 amide bonds. The van der Waals surface area contributed by atoms with Gasteiger partial charge in [0.05, 0.1) is 18.6 Å². The Hall–Kier alpha value is -0.610. The van der Waals surface area contributed by atoms with Crippen molar-refractivity contribution < 1.29 is 14.6 Å². The van der Waals surface area contributed by atoms with E-state index in [0.717, 1.165) is 0 Å². The smallest absolute Gasteiger partial charge is 0.223 e. The van der Waals surface area contributed by atoms with Crippen LogP contribution in [-0.2, 0) is 9.53 Å². The van der Waals surface area contributed by atoms with Crippen molar-refractivity contribution in [2.24, 2.45) is 0 Å². The fourth-order valence-corrected chi connectivity index (χ4v) is 0.830. The third-order valence-electron chi connectivity index (χ3n) is 1.82. The minimum absolute atomic E-state index is 0.0425. The number of hydrogen-bond acceptors (Lipinski definition) is 3. The van der Waals surface area contributed by atoms with Gasteiger partial charge in [-0.25, -0.2) is 0 Å². The van der Waals surface area contributed by atoms with Gasteiger partial charge in [-0.3, -0.25) is 4.79 Å². The van der Waals surface area contributed by atoms with E-state index in [1.165, 1.54) is 0 Å². The maximum atomic E-state index is 11.3. The Morgan fingerprint density at radius 1 is 1.62 bits per heavy atom. The van der Waals surface area contributed by atoms with Crippen molar-refractivity contribution in [1.82, 2.24) is 5.32 Å². The minimum atomic E-state index is -0.445. The van der Waals surface area contributed by atoms with Crippen molar-refractivity contribution in [1.29, 1.82) is 0 Å². The van der Waals surface area contributed by atoms with Gasteiger partial charge in [0.15, 0.2) is 0 Å². The number of carbonyl (C=O) groups is 1. The van der Waals surface area contributed by atoms with E-state index in [9.17, 15) is 4.79 Å². The van der Waals surface area contributed by atoms with Crippen molar-refractivity contribution in [3.63, 3.8) is 0 Å². The molecule has 4 nitrogen and oxygen atoms in total. The van der Waals surface area contributed by atoms with Crippen LogP contribution >= 0.6 is 0 Å². The molecule has 0 aliphatic heterocycles. The van der Waals surface area contributed by atoms with Gasteiger partial charge in [-0.2, -0.15) is 0 Å². The fourth-order valence-electron chi connectivity index (χ4n) is 0.830. The van der Waals surface area contributed by atoms with Gasteiger partial charge in [0.2, 0.25) is 5.91 Å². The largest absolute Gasteiger partial charge is 0.394 e. The Kier molecular flexibility index (Phi) is 4.95. The number of aliphatic hydroxyl groups is 1. The number of ether oxygens (including phenoxy) is 1. The molecule has 4 heteroatoms. The van der Waals surface area contributed by atoms with Crippen LogP contribution in [-0.4, -0.2) is 36.4 Å². The summed E-state index contributed by atoms with van der Waals surface area (Å²) in [6.45, 7) is 5.39. The standard InChI is InChI=1S/C9H19NO3/c1-7(6-11)10-8(12)5-9(2,3)13-4/h7,11H,5-6H2,1-4H3,(H,10,12)/t7-/m1/s1. The van der Waals surface area contributed by atoms with E-state index in [1.807, 2.05) is 13.8 Å². The fraction of sp³-hybridized carbons (Fsp3) is 0.889. The zero-order chi connectivity index (χ0) is 10.5.